The van der Waals surface area contributed by atoms with Crippen LogP contribution in [-0.4, -0.2) is 15.0 Å². The molecule has 0 bridgehead atoms. The Bertz CT molecular complexity index is 979. The van der Waals surface area contributed by atoms with E-state index >= 15 is 0 Å². The molecule has 3 heterocycles. The number of nitrogens with one attached hydrogen (secondary N) is 1. The molecule has 0 fully saturated rings. The Labute approximate surface area is 127 Å². The molecule has 0 unspecified atom stereocenters. The Morgan fingerprint density at radius 3 is 2.59 bits per heavy atom. The van der Waals surface area contributed by atoms with Crippen molar-refractivity contribution in [2.45, 2.75) is 0 Å². The molecule has 4 rings (SSSR count). The van der Waals surface area contributed by atoms with Gasteiger partial charge in [-0.1, -0.05) is 6.07 Å². The van der Waals surface area contributed by atoms with Gasteiger partial charge < -0.3 is 5.32 Å². The summed E-state index contributed by atoms with van der Waals surface area (Å²) in [4.78, 5) is 13.4. The second kappa shape index (κ2) is 4.96. The van der Waals surface area contributed by atoms with Crippen LogP contribution in [0.3, 0.4) is 0 Å². The molecule has 0 saturated carbocycles. The first-order valence-electron chi connectivity index (χ1n) is 6.43. The van der Waals surface area contributed by atoms with Crippen molar-refractivity contribution < 1.29 is 8.78 Å². The quantitative estimate of drug-likeness (QED) is 0.600. The van der Waals surface area contributed by atoms with Crippen molar-refractivity contribution in [2.24, 2.45) is 0 Å². The average Bonchev–Trinajstić information content (AvgIpc) is 2.91. The number of hydrogen-bond donors (Lipinski definition) is 1. The molecule has 0 saturated heterocycles. The normalized spacial score (nSPS) is 11.2. The Balaban J connectivity index is 1.92. The standard InChI is InChI=1S/C15H8F2N4S/c16-9-4-1-5-10(17)12(9)21-14-13-11(19-7-20-14)8-3-2-6-18-15(8)22-13/h1-7H,(H,19,20,21). The molecule has 0 radical (unpaired) electrons. The second-order valence-electron chi connectivity index (χ2n) is 4.58. The molecule has 0 aliphatic heterocycles. The van der Waals surface area contributed by atoms with Gasteiger partial charge in [0.25, 0.3) is 0 Å². The molecule has 0 aliphatic carbocycles. The van der Waals surface area contributed by atoms with Crippen LogP contribution < -0.4 is 5.32 Å². The highest BCUT2D eigenvalue weighted by atomic mass is 32.1. The molecule has 4 aromatic rings. The predicted molar refractivity (Wildman–Crippen MR) is 82.4 cm³/mol. The minimum absolute atomic E-state index is 0.229. The SMILES string of the molecule is Fc1cccc(F)c1Nc1ncnc2c1sc1ncccc12. The van der Waals surface area contributed by atoms with Crippen LogP contribution in [-0.2, 0) is 0 Å². The fourth-order valence-corrected chi connectivity index (χ4v) is 3.28. The smallest absolute Gasteiger partial charge is 0.152 e. The van der Waals surface area contributed by atoms with E-state index in [1.807, 2.05) is 12.1 Å². The van der Waals surface area contributed by atoms with Gasteiger partial charge in [-0.25, -0.2) is 23.7 Å². The van der Waals surface area contributed by atoms with Crippen LogP contribution in [0.5, 0.6) is 0 Å². The van der Waals surface area contributed by atoms with E-state index in [2.05, 4.69) is 20.3 Å². The van der Waals surface area contributed by atoms with E-state index in [9.17, 15) is 8.78 Å². The van der Waals surface area contributed by atoms with Gasteiger partial charge in [0.2, 0.25) is 0 Å². The molecule has 0 aliphatic rings. The molecule has 1 N–H and O–H groups in total. The van der Waals surface area contributed by atoms with Crippen LogP contribution >= 0.6 is 11.3 Å². The monoisotopic (exact) mass is 314 g/mol. The number of nitrogens with zero attached hydrogens (tertiary/aromatic N) is 3. The van der Waals surface area contributed by atoms with E-state index in [4.69, 9.17) is 0 Å². The average molecular weight is 314 g/mol. The van der Waals surface area contributed by atoms with Gasteiger partial charge in [0.1, 0.15) is 28.5 Å². The van der Waals surface area contributed by atoms with Crippen LogP contribution in [0.1, 0.15) is 0 Å². The van der Waals surface area contributed by atoms with Gasteiger partial charge in [-0.2, -0.15) is 0 Å². The summed E-state index contributed by atoms with van der Waals surface area (Å²) in [6.45, 7) is 0. The Kier molecular flexibility index (Phi) is 2.93. The summed E-state index contributed by atoms with van der Waals surface area (Å²) < 4.78 is 28.3. The van der Waals surface area contributed by atoms with Crippen molar-refractivity contribution in [3.05, 3.63) is 54.5 Å². The van der Waals surface area contributed by atoms with Gasteiger partial charge in [0.15, 0.2) is 5.82 Å². The first-order chi connectivity index (χ1) is 10.7. The first kappa shape index (κ1) is 13.0. The zero-order valence-electron chi connectivity index (χ0n) is 11.0. The number of aromatic nitrogens is 3. The maximum atomic E-state index is 13.8. The van der Waals surface area contributed by atoms with Crippen molar-refractivity contribution in [1.29, 1.82) is 0 Å². The summed E-state index contributed by atoms with van der Waals surface area (Å²) in [5.41, 5.74) is 0.482. The third kappa shape index (κ3) is 1.98. The number of anilines is 2. The Morgan fingerprint density at radius 1 is 0.955 bits per heavy atom. The molecular formula is C15H8F2N4S. The van der Waals surface area contributed by atoms with Gasteiger partial charge in [-0.15, -0.1) is 11.3 Å². The third-order valence-electron chi connectivity index (χ3n) is 3.23. The summed E-state index contributed by atoms with van der Waals surface area (Å²) in [6, 6.07) is 7.42. The molecule has 7 heteroatoms. The van der Waals surface area contributed by atoms with Crippen LogP contribution in [0.25, 0.3) is 20.4 Å². The molecule has 1 aromatic carbocycles. The third-order valence-corrected chi connectivity index (χ3v) is 4.34. The van der Waals surface area contributed by atoms with Gasteiger partial charge in [0, 0.05) is 11.6 Å². The molecule has 4 nitrogen and oxygen atoms in total. The van der Waals surface area contributed by atoms with Gasteiger partial charge >= 0.3 is 0 Å². The van der Waals surface area contributed by atoms with E-state index in [-0.39, 0.29) is 5.69 Å². The van der Waals surface area contributed by atoms with Crippen molar-refractivity contribution in [1.82, 2.24) is 15.0 Å². The molecule has 0 amide bonds. The number of thiophene rings is 1. The van der Waals surface area contributed by atoms with E-state index in [0.717, 1.165) is 10.2 Å². The Morgan fingerprint density at radius 2 is 1.77 bits per heavy atom. The fraction of sp³-hybridized carbons (Fsp3) is 0. The number of pyridine rings is 1. The Hall–Kier alpha value is -2.67. The van der Waals surface area contributed by atoms with E-state index in [1.165, 1.54) is 35.9 Å². The van der Waals surface area contributed by atoms with E-state index in [1.54, 1.807) is 6.20 Å². The number of benzene rings is 1. The maximum Gasteiger partial charge on any atom is 0.152 e. The lowest BCUT2D eigenvalue weighted by Gasteiger charge is -2.08. The summed E-state index contributed by atoms with van der Waals surface area (Å²) in [7, 11) is 0. The summed E-state index contributed by atoms with van der Waals surface area (Å²) in [5.74, 6) is -0.992. The van der Waals surface area contributed by atoms with Crippen molar-refractivity contribution in [2.75, 3.05) is 5.32 Å². The molecule has 3 aromatic heterocycles. The largest absolute Gasteiger partial charge is 0.334 e. The number of hydrogen-bond acceptors (Lipinski definition) is 5. The summed E-state index contributed by atoms with van der Waals surface area (Å²) in [5, 5.41) is 3.62. The highest BCUT2D eigenvalue weighted by Gasteiger charge is 2.15. The molecule has 0 atom stereocenters. The number of fused-ring (bicyclic) bond motifs is 3. The molecule has 22 heavy (non-hydrogen) atoms. The van der Waals surface area contributed by atoms with Crippen molar-refractivity contribution >= 4 is 43.3 Å². The lowest BCUT2D eigenvalue weighted by atomic mass is 10.2. The summed E-state index contributed by atoms with van der Waals surface area (Å²) in [6.07, 6.45) is 3.05. The second-order valence-corrected chi connectivity index (χ2v) is 5.58. The van der Waals surface area contributed by atoms with Crippen LogP contribution in [0.15, 0.2) is 42.9 Å². The minimum atomic E-state index is -0.675. The molecular weight excluding hydrogens is 306 g/mol. The molecule has 0 spiro atoms. The van der Waals surface area contributed by atoms with Crippen molar-refractivity contribution in [3.63, 3.8) is 0 Å². The van der Waals surface area contributed by atoms with E-state index in [0.29, 0.717) is 16.0 Å². The topological polar surface area (TPSA) is 50.7 Å². The lowest BCUT2D eigenvalue weighted by molar-refractivity contribution is 0.590. The highest BCUT2D eigenvalue weighted by molar-refractivity contribution is 7.25. The number of rotatable bonds is 2. The van der Waals surface area contributed by atoms with E-state index < -0.39 is 11.6 Å². The molecule has 108 valence electrons. The van der Waals surface area contributed by atoms with Crippen LogP contribution in [0, 0.1) is 11.6 Å². The van der Waals surface area contributed by atoms with Crippen LogP contribution in [0.4, 0.5) is 20.3 Å². The first-order valence-corrected chi connectivity index (χ1v) is 7.25. The maximum absolute atomic E-state index is 13.8. The zero-order chi connectivity index (χ0) is 15.1. The number of para-hydroxylation sites is 1. The predicted octanol–water partition coefficient (Wildman–Crippen LogP) is 4.26. The van der Waals surface area contributed by atoms with Gasteiger partial charge in [-0.3, -0.25) is 0 Å². The lowest BCUT2D eigenvalue weighted by Crippen LogP contribution is -1.99. The highest BCUT2D eigenvalue weighted by Crippen LogP contribution is 2.36. The fourth-order valence-electron chi connectivity index (χ4n) is 2.24. The summed E-state index contributed by atoms with van der Waals surface area (Å²) >= 11 is 1.38. The van der Waals surface area contributed by atoms with Crippen LogP contribution in [0.2, 0.25) is 0 Å². The van der Waals surface area contributed by atoms with Crippen molar-refractivity contribution in [3.8, 4) is 0 Å². The zero-order valence-corrected chi connectivity index (χ0v) is 11.9. The minimum Gasteiger partial charge on any atom is -0.334 e. The van der Waals surface area contributed by atoms with Gasteiger partial charge in [-0.05, 0) is 24.3 Å². The number of halogens is 2. The van der Waals surface area contributed by atoms with Gasteiger partial charge in [0.05, 0.1) is 10.2 Å².